The SMILES string of the molecule is CC(=O)N1CCCc2cc(S(=O)(=O)NC(C)c3ccc4ccccc4c3)ccc21. The molecule has 0 bridgehead atoms. The van der Waals surface area contributed by atoms with Crippen molar-refractivity contribution >= 4 is 32.4 Å². The molecule has 0 fully saturated rings. The van der Waals surface area contributed by atoms with Gasteiger partial charge in [-0.2, -0.15) is 0 Å². The summed E-state index contributed by atoms with van der Waals surface area (Å²) in [5.74, 6) is -0.0235. The van der Waals surface area contributed by atoms with Crippen LogP contribution in [0.3, 0.4) is 0 Å². The lowest BCUT2D eigenvalue weighted by Gasteiger charge is -2.29. The molecule has 0 radical (unpaired) electrons. The summed E-state index contributed by atoms with van der Waals surface area (Å²) in [5.41, 5.74) is 2.62. The van der Waals surface area contributed by atoms with Crippen molar-refractivity contribution in [2.24, 2.45) is 0 Å². The number of hydrogen-bond acceptors (Lipinski definition) is 3. The Kier molecular flexibility index (Phi) is 5.15. The molecule has 0 spiro atoms. The van der Waals surface area contributed by atoms with Gasteiger partial charge in [-0.1, -0.05) is 36.4 Å². The molecule has 150 valence electrons. The van der Waals surface area contributed by atoms with E-state index in [0.717, 1.165) is 40.4 Å². The van der Waals surface area contributed by atoms with Crippen LogP contribution in [0.4, 0.5) is 5.69 Å². The molecule has 0 saturated heterocycles. The van der Waals surface area contributed by atoms with Crippen LogP contribution in [0.5, 0.6) is 0 Å². The Balaban J connectivity index is 1.60. The smallest absolute Gasteiger partial charge is 0.241 e. The van der Waals surface area contributed by atoms with E-state index in [4.69, 9.17) is 0 Å². The van der Waals surface area contributed by atoms with Gasteiger partial charge >= 0.3 is 0 Å². The molecule has 1 aliphatic heterocycles. The van der Waals surface area contributed by atoms with Crippen molar-refractivity contribution in [2.75, 3.05) is 11.4 Å². The molecule has 0 aliphatic carbocycles. The van der Waals surface area contributed by atoms with Crippen LogP contribution in [0.15, 0.2) is 65.6 Å². The van der Waals surface area contributed by atoms with Gasteiger partial charge in [0.25, 0.3) is 0 Å². The van der Waals surface area contributed by atoms with Crippen LogP contribution in [0.1, 0.15) is 37.4 Å². The van der Waals surface area contributed by atoms with Crippen LogP contribution < -0.4 is 9.62 Å². The highest BCUT2D eigenvalue weighted by atomic mass is 32.2. The molecule has 1 unspecified atom stereocenters. The van der Waals surface area contributed by atoms with E-state index in [0.29, 0.717) is 6.54 Å². The number of hydrogen-bond donors (Lipinski definition) is 1. The summed E-state index contributed by atoms with van der Waals surface area (Å²) in [6.45, 7) is 4.05. The number of sulfonamides is 1. The normalized spacial score (nSPS) is 15.2. The maximum atomic E-state index is 13.0. The monoisotopic (exact) mass is 408 g/mol. The van der Waals surface area contributed by atoms with Crippen molar-refractivity contribution < 1.29 is 13.2 Å². The van der Waals surface area contributed by atoms with Gasteiger partial charge in [0, 0.05) is 25.2 Å². The van der Waals surface area contributed by atoms with Crippen LogP contribution in [0.25, 0.3) is 10.8 Å². The van der Waals surface area contributed by atoms with Gasteiger partial charge in [-0.3, -0.25) is 4.79 Å². The zero-order valence-electron chi connectivity index (χ0n) is 16.6. The summed E-state index contributed by atoms with van der Waals surface area (Å²) in [7, 11) is -3.69. The molecule has 5 nitrogen and oxygen atoms in total. The Hall–Kier alpha value is -2.70. The molecular formula is C23H24N2O3S. The van der Waals surface area contributed by atoms with E-state index in [2.05, 4.69) is 4.72 Å². The third-order valence-corrected chi connectivity index (χ3v) is 7.00. The highest BCUT2D eigenvalue weighted by Gasteiger charge is 2.24. The van der Waals surface area contributed by atoms with Crippen molar-refractivity contribution in [3.8, 4) is 0 Å². The molecule has 3 aromatic rings. The molecular weight excluding hydrogens is 384 g/mol. The maximum absolute atomic E-state index is 13.0. The number of carbonyl (C=O) groups is 1. The fourth-order valence-electron chi connectivity index (χ4n) is 3.91. The molecule has 1 amide bonds. The first kappa shape index (κ1) is 19.6. The van der Waals surface area contributed by atoms with Crippen LogP contribution in [0.2, 0.25) is 0 Å². The highest BCUT2D eigenvalue weighted by Crippen LogP contribution is 2.30. The number of nitrogens with zero attached hydrogens (tertiary/aromatic N) is 1. The lowest BCUT2D eigenvalue weighted by molar-refractivity contribution is -0.116. The predicted octanol–water partition coefficient (Wildman–Crippen LogP) is 4.18. The number of nitrogens with one attached hydrogen (secondary N) is 1. The zero-order valence-corrected chi connectivity index (χ0v) is 17.4. The first-order valence-corrected chi connectivity index (χ1v) is 11.3. The van der Waals surface area contributed by atoms with E-state index in [-0.39, 0.29) is 16.8 Å². The van der Waals surface area contributed by atoms with Crippen LogP contribution in [-0.4, -0.2) is 20.9 Å². The summed E-state index contributed by atoms with van der Waals surface area (Å²) in [4.78, 5) is 13.8. The minimum Gasteiger partial charge on any atom is -0.312 e. The van der Waals surface area contributed by atoms with Gasteiger partial charge in [0.2, 0.25) is 15.9 Å². The van der Waals surface area contributed by atoms with Gasteiger partial charge in [0.05, 0.1) is 4.90 Å². The first-order valence-electron chi connectivity index (χ1n) is 9.77. The molecule has 29 heavy (non-hydrogen) atoms. The number of anilines is 1. The standard InChI is InChI=1S/C23H24N2O3S/c1-16(19-10-9-18-6-3-4-7-20(18)14-19)24-29(27,28)22-11-12-23-21(15-22)8-5-13-25(23)17(2)26/h3-4,6-7,9-12,14-16,24H,5,8,13H2,1-2H3. The quantitative estimate of drug-likeness (QED) is 0.704. The Morgan fingerprint density at radius 1 is 1.03 bits per heavy atom. The van der Waals surface area contributed by atoms with Gasteiger partial charge in [0.1, 0.15) is 0 Å². The number of carbonyl (C=O) groups excluding carboxylic acids is 1. The third kappa shape index (κ3) is 3.91. The summed E-state index contributed by atoms with van der Waals surface area (Å²) < 4.78 is 28.8. The van der Waals surface area contributed by atoms with Crippen molar-refractivity contribution in [3.05, 3.63) is 71.8 Å². The second-order valence-corrected chi connectivity index (χ2v) is 9.23. The van der Waals surface area contributed by atoms with Crippen molar-refractivity contribution in [3.63, 3.8) is 0 Å². The van der Waals surface area contributed by atoms with E-state index in [9.17, 15) is 13.2 Å². The second kappa shape index (κ2) is 7.61. The zero-order chi connectivity index (χ0) is 20.6. The lowest BCUT2D eigenvalue weighted by Crippen LogP contribution is -2.34. The number of amides is 1. The van der Waals surface area contributed by atoms with Crippen molar-refractivity contribution in [1.82, 2.24) is 4.72 Å². The Bertz CT molecular complexity index is 1190. The second-order valence-electron chi connectivity index (χ2n) is 7.51. The minimum atomic E-state index is -3.69. The van der Waals surface area contributed by atoms with Gasteiger partial charge < -0.3 is 4.90 Å². The maximum Gasteiger partial charge on any atom is 0.241 e. The van der Waals surface area contributed by atoms with Crippen LogP contribution in [0, 0.1) is 0 Å². The van der Waals surface area contributed by atoms with Crippen molar-refractivity contribution in [2.45, 2.75) is 37.6 Å². The molecule has 1 atom stereocenters. The molecule has 0 aromatic heterocycles. The fourth-order valence-corrected chi connectivity index (χ4v) is 5.20. The van der Waals surface area contributed by atoms with E-state index in [1.807, 2.05) is 49.4 Å². The Morgan fingerprint density at radius 2 is 1.79 bits per heavy atom. The summed E-state index contributed by atoms with van der Waals surface area (Å²) in [6.07, 6.45) is 1.60. The number of benzene rings is 3. The molecule has 6 heteroatoms. The predicted molar refractivity (Wildman–Crippen MR) is 115 cm³/mol. The minimum absolute atomic E-state index is 0.0235. The average Bonchev–Trinajstić information content (AvgIpc) is 2.72. The molecule has 4 rings (SSSR count). The molecule has 1 aliphatic rings. The number of fused-ring (bicyclic) bond motifs is 2. The van der Waals surface area contributed by atoms with Gasteiger partial charge in [-0.25, -0.2) is 13.1 Å². The molecule has 0 saturated carbocycles. The van der Waals surface area contributed by atoms with Crippen LogP contribution >= 0.6 is 0 Å². The summed E-state index contributed by atoms with van der Waals surface area (Å²) in [5, 5.41) is 2.20. The lowest BCUT2D eigenvalue weighted by atomic mass is 10.0. The number of aryl methyl sites for hydroxylation is 1. The molecule has 1 heterocycles. The van der Waals surface area contributed by atoms with Gasteiger partial charge in [0.15, 0.2) is 0 Å². The van der Waals surface area contributed by atoms with E-state index in [1.165, 1.54) is 6.92 Å². The van der Waals surface area contributed by atoms with E-state index in [1.54, 1.807) is 23.1 Å². The third-order valence-electron chi connectivity index (χ3n) is 5.47. The topological polar surface area (TPSA) is 66.5 Å². The first-order chi connectivity index (χ1) is 13.8. The molecule has 3 aromatic carbocycles. The van der Waals surface area contributed by atoms with E-state index < -0.39 is 10.0 Å². The van der Waals surface area contributed by atoms with E-state index >= 15 is 0 Å². The number of rotatable bonds is 4. The molecule has 1 N–H and O–H groups in total. The van der Waals surface area contributed by atoms with Gasteiger partial charge in [-0.15, -0.1) is 0 Å². The largest absolute Gasteiger partial charge is 0.312 e. The Morgan fingerprint density at radius 3 is 2.55 bits per heavy atom. The Labute approximate surface area is 171 Å². The average molecular weight is 409 g/mol. The highest BCUT2D eigenvalue weighted by molar-refractivity contribution is 7.89. The van der Waals surface area contributed by atoms with Crippen LogP contribution in [-0.2, 0) is 21.2 Å². The summed E-state index contributed by atoms with van der Waals surface area (Å²) >= 11 is 0. The fraction of sp³-hybridized carbons (Fsp3) is 0.261. The summed E-state index contributed by atoms with van der Waals surface area (Å²) in [6, 6.07) is 18.6. The van der Waals surface area contributed by atoms with Gasteiger partial charge in [-0.05, 0) is 65.9 Å². The van der Waals surface area contributed by atoms with Crippen molar-refractivity contribution in [1.29, 1.82) is 0 Å².